The molecule has 0 aliphatic heterocycles. The van der Waals surface area contributed by atoms with E-state index in [-0.39, 0.29) is 0 Å². The van der Waals surface area contributed by atoms with E-state index in [1.165, 1.54) is 0 Å². The molecule has 4 nitrogen and oxygen atoms in total. The van der Waals surface area contributed by atoms with Gasteiger partial charge in [-0.3, -0.25) is 4.98 Å². The number of nitrogens with two attached hydrogens (primary N) is 1. The molecule has 0 amide bonds. The predicted molar refractivity (Wildman–Crippen MR) is 58.4 cm³/mol. The summed E-state index contributed by atoms with van der Waals surface area (Å²) in [5.41, 5.74) is 7.49. The maximum absolute atomic E-state index is 5.52. The summed E-state index contributed by atoms with van der Waals surface area (Å²) in [5, 5.41) is 0. The quantitative estimate of drug-likeness (QED) is 0.773. The molecule has 4 heteroatoms. The minimum atomic E-state index is 0.641. The zero-order valence-corrected chi connectivity index (χ0v) is 9.12. The predicted octanol–water partition coefficient (Wildman–Crippen LogP) is 0.878. The van der Waals surface area contributed by atoms with Crippen molar-refractivity contribution in [2.75, 3.05) is 24.5 Å². The highest BCUT2D eigenvalue weighted by Crippen LogP contribution is 2.10. The largest absolute Gasteiger partial charge is 0.354 e. The zero-order valence-electron chi connectivity index (χ0n) is 9.12. The van der Waals surface area contributed by atoms with Gasteiger partial charge in [0.25, 0.3) is 0 Å². The fraction of sp³-hybridized carbons (Fsp3) is 0.600. The molecular weight excluding hydrogens is 176 g/mol. The van der Waals surface area contributed by atoms with E-state index in [0.29, 0.717) is 6.54 Å². The third-order valence-electron chi connectivity index (χ3n) is 2.28. The van der Waals surface area contributed by atoms with Crippen molar-refractivity contribution in [3.8, 4) is 0 Å². The number of aromatic nitrogens is 2. The van der Waals surface area contributed by atoms with Crippen LogP contribution in [0.2, 0.25) is 0 Å². The lowest BCUT2D eigenvalue weighted by molar-refractivity contribution is 0.792. The molecule has 78 valence electrons. The second-order valence-corrected chi connectivity index (χ2v) is 3.27. The van der Waals surface area contributed by atoms with Gasteiger partial charge in [0.05, 0.1) is 17.6 Å². The number of likely N-dealkylation sites (N-methyl/N-ethyl adjacent to an activating group) is 1. The van der Waals surface area contributed by atoms with Gasteiger partial charge in [0.1, 0.15) is 5.82 Å². The van der Waals surface area contributed by atoms with E-state index in [0.717, 1.165) is 30.3 Å². The van der Waals surface area contributed by atoms with Crippen LogP contribution in [0.1, 0.15) is 18.3 Å². The third kappa shape index (κ3) is 2.42. The average Bonchev–Trinajstić information content (AvgIpc) is 2.19. The second kappa shape index (κ2) is 4.91. The summed E-state index contributed by atoms with van der Waals surface area (Å²) in [7, 11) is 0. The van der Waals surface area contributed by atoms with Crippen molar-refractivity contribution in [2.24, 2.45) is 5.73 Å². The van der Waals surface area contributed by atoms with Crippen LogP contribution in [0.15, 0.2) is 6.20 Å². The summed E-state index contributed by atoms with van der Waals surface area (Å²) >= 11 is 0. The zero-order chi connectivity index (χ0) is 10.6. The molecule has 0 unspecified atom stereocenters. The molecule has 0 aliphatic rings. The van der Waals surface area contributed by atoms with Crippen molar-refractivity contribution in [1.29, 1.82) is 0 Å². The van der Waals surface area contributed by atoms with Crippen LogP contribution in [-0.4, -0.2) is 29.6 Å². The van der Waals surface area contributed by atoms with Crippen molar-refractivity contribution < 1.29 is 0 Å². The molecule has 2 N–H and O–H groups in total. The Hall–Kier alpha value is -1.16. The van der Waals surface area contributed by atoms with Crippen LogP contribution in [0.25, 0.3) is 0 Å². The van der Waals surface area contributed by atoms with Crippen molar-refractivity contribution in [1.82, 2.24) is 9.97 Å². The SMILES string of the molecule is CCN(CCN)c1cnc(C)c(C)n1. The maximum Gasteiger partial charge on any atom is 0.147 e. The van der Waals surface area contributed by atoms with Gasteiger partial charge >= 0.3 is 0 Å². The van der Waals surface area contributed by atoms with Crippen LogP contribution in [0.3, 0.4) is 0 Å². The van der Waals surface area contributed by atoms with E-state index in [1.54, 1.807) is 0 Å². The van der Waals surface area contributed by atoms with Crippen molar-refractivity contribution in [3.63, 3.8) is 0 Å². The summed E-state index contributed by atoms with van der Waals surface area (Å²) in [6.45, 7) is 8.41. The smallest absolute Gasteiger partial charge is 0.147 e. The van der Waals surface area contributed by atoms with E-state index in [4.69, 9.17) is 5.73 Å². The highest BCUT2D eigenvalue weighted by molar-refractivity contribution is 5.37. The number of hydrogen-bond donors (Lipinski definition) is 1. The van der Waals surface area contributed by atoms with E-state index in [9.17, 15) is 0 Å². The van der Waals surface area contributed by atoms with Crippen molar-refractivity contribution >= 4 is 5.82 Å². The van der Waals surface area contributed by atoms with Gasteiger partial charge in [-0.1, -0.05) is 0 Å². The molecule has 0 aromatic carbocycles. The van der Waals surface area contributed by atoms with Crippen LogP contribution in [0.4, 0.5) is 5.82 Å². The van der Waals surface area contributed by atoms with E-state index < -0.39 is 0 Å². The molecule has 1 aromatic heterocycles. The molecule has 1 rings (SSSR count). The van der Waals surface area contributed by atoms with Crippen LogP contribution in [0.5, 0.6) is 0 Å². The molecule has 0 atom stereocenters. The summed E-state index contributed by atoms with van der Waals surface area (Å²) in [5.74, 6) is 0.918. The standard InChI is InChI=1S/C10H18N4/c1-4-14(6-5-11)10-7-12-8(2)9(3)13-10/h7H,4-6,11H2,1-3H3. The Bertz CT molecular complexity index is 298. The second-order valence-electron chi connectivity index (χ2n) is 3.27. The summed E-state index contributed by atoms with van der Waals surface area (Å²) in [6, 6.07) is 0. The fourth-order valence-corrected chi connectivity index (χ4v) is 1.27. The van der Waals surface area contributed by atoms with Crippen LogP contribution < -0.4 is 10.6 Å². The normalized spacial score (nSPS) is 10.3. The van der Waals surface area contributed by atoms with Gasteiger partial charge in [0, 0.05) is 19.6 Å². The number of aryl methyl sites for hydroxylation is 2. The van der Waals surface area contributed by atoms with Gasteiger partial charge in [-0.15, -0.1) is 0 Å². The lowest BCUT2D eigenvalue weighted by Gasteiger charge is -2.21. The molecule has 0 saturated carbocycles. The number of rotatable bonds is 4. The molecule has 0 saturated heterocycles. The number of nitrogens with zero attached hydrogens (tertiary/aromatic N) is 3. The number of anilines is 1. The molecule has 0 radical (unpaired) electrons. The van der Waals surface area contributed by atoms with Gasteiger partial charge in [-0.05, 0) is 20.8 Å². The third-order valence-corrected chi connectivity index (χ3v) is 2.28. The minimum Gasteiger partial charge on any atom is -0.354 e. The van der Waals surface area contributed by atoms with E-state index in [2.05, 4.69) is 21.8 Å². The minimum absolute atomic E-state index is 0.641. The number of hydrogen-bond acceptors (Lipinski definition) is 4. The summed E-state index contributed by atoms with van der Waals surface area (Å²) in [4.78, 5) is 10.9. The Labute approximate surface area is 85.2 Å². The Balaban J connectivity index is 2.88. The van der Waals surface area contributed by atoms with Crippen LogP contribution in [-0.2, 0) is 0 Å². The van der Waals surface area contributed by atoms with Crippen molar-refractivity contribution in [3.05, 3.63) is 17.6 Å². The van der Waals surface area contributed by atoms with Crippen LogP contribution in [0, 0.1) is 13.8 Å². The lowest BCUT2D eigenvalue weighted by Crippen LogP contribution is -2.30. The summed E-state index contributed by atoms with van der Waals surface area (Å²) < 4.78 is 0. The first-order valence-corrected chi connectivity index (χ1v) is 4.94. The fourth-order valence-electron chi connectivity index (χ4n) is 1.27. The molecule has 14 heavy (non-hydrogen) atoms. The first-order chi connectivity index (χ1) is 6.69. The molecule has 1 aromatic rings. The van der Waals surface area contributed by atoms with Gasteiger partial charge in [-0.2, -0.15) is 0 Å². The molecular formula is C10H18N4. The van der Waals surface area contributed by atoms with Gasteiger partial charge in [0.2, 0.25) is 0 Å². The van der Waals surface area contributed by atoms with Crippen LogP contribution >= 0.6 is 0 Å². The first-order valence-electron chi connectivity index (χ1n) is 4.94. The van der Waals surface area contributed by atoms with Crippen molar-refractivity contribution in [2.45, 2.75) is 20.8 Å². The topological polar surface area (TPSA) is 55.0 Å². The Morgan fingerprint density at radius 2 is 2.07 bits per heavy atom. The summed E-state index contributed by atoms with van der Waals surface area (Å²) in [6.07, 6.45) is 1.81. The Morgan fingerprint density at radius 3 is 2.57 bits per heavy atom. The molecule has 0 fully saturated rings. The monoisotopic (exact) mass is 194 g/mol. The lowest BCUT2D eigenvalue weighted by atomic mass is 10.3. The van der Waals surface area contributed by atoms with Gasteiger partial charge < -0.3 is 10.6 Å². The highest BCUT2D eigenvalue weighted by atomic mass is 15.2. The first kappa shape index (κ1) is 10.9. The van der Waals surface area contributed by atoms with E-state index >= 15 is 0 Å². The highest BCUT2D eigenvalue weighted by Gasteiger charge is 2.06. The molecule has 0 bridgehead atoms. The van der Waals surface area contributed by atoms with Gasteiger partial charge in [-0.25, -0.2) is 4.98 Å². The average molecular weight is 194 g/mol. The van der Waals surface area contributed by atoms with E-state index in [1.807, 2.05) is 20.0 Å². The molecule has 0 aliphatic carbocycles. The molecule has 0 spiro atoms. The van der Waals surface area contributed by atoms with Gasteiger partial charge in [0.15, 0.2) is 0 Å². The molecule has 1 heterocycles. The maximum atomic E-state index is 5.52. The Kier molecular flexibility index (Phi) is 3.83. The Morgan fingerprint density at radius 1 is 1.36 bits per heavy atom.